The molecule has 8 nitrogen and oxygen atoms in total. The quantitative estimate of drug-likeness (QED) is 0.584. The highest BCUT2D eigenvalue weighted by atomic mass is 16.2. The van der Waals surface area contributed by atoms with Gasteiger partial charge >= 0.3 is 0 Å². The fourth-order valence-electron chi connectivity index (χ4n) is 5.13. The Bertz CT molecular complexity index is 873. The van der Waals surface area contributed by atoms with Gasteiger partial charge in [0, 0.05) is 24.7 Å². The molecule has 0 radical (unpaired) electrons. The van der Waals surface area contributed by atoms with Crippen LogP contribution >= 0.6 is 0 Å². The molecule has 5 unspecified atom stereocenters. The first-order valence-corrected chi connectivity index (χ1v) is 11.4. The number of aryl methyl sites for hydroxylation is 2. The Morgan fingerprint density at radius 3 is 2.77 bits per heavy atom. The predicted molar refractivity (Wildman–Crippen MR) is 118 cm³/mol. The summed E-state index contributed by atoms with van der Waals surface area (Å²) in [7, 11) is 0. The molecule has 1 aromatic rings. The lowest BCUT2D eigenvalue weighted by molar-refractivity contribution is -0.148. The Balaban J connectivity index is 1.52. The van der Waals surface area contributed by atoms with E-state index in [4.69, 9.17) is 0 Å². The molecular formula is C23H33N5O3. The van der Waals surface area contributed by atoms with Crippen LogP contribution in [0.4, 0.5) is 5.69 Å². The zero-order valence-corrected chi connectivity index (χ0v) is 18.5. The van der Waals surface area contributed by atoms with E-state index in [9.17, 15) is 14.4 Å². The van der Waals surface area contributed by atoms with E-state index in [1.54, 1.807) is 0 Å². The van der Waals surface area contributed by atoms with E-state index < -0.39 is 18.0 Å². The maximum absolute atomic E-state index is 13.2. The highest BCUT2D eigenvalue weighted by molar-refractivity contribution is 6.00. The van der Waals surface area contributed by atoms with Crippen molar-refractivity contribution in [2.45, 2.75) is 71.4 Å². The molecule has 3 aliphatic heterocycles. The first-order valence-electron chi connectivity index (χ1n) is 11.4. The molecule has 3 aliphatic rings. The van der Waals surface area contributed by atoms with E-state index in [1.807, 2.05) is 32.0 Å². The number of likely N-dealkylation sites (tertiary alicyclic amines) is 1. The molecule has 168 valence electrons. The van der Waals surface area contributed by atoms with Crippen LogP contribution in [0.3, 0.4) is 0 Å². The maximum atomic E-state index is 13.2. The number of carbonyl (C=O) groups excluding carboxylic acids is 3. The highest BCUT2D eigenvalue weighted by Crippen LogP contribution is 2.30. The van der Waals surface area contributed by atoms with Crippen molar-refractivity contribution in [2.75, 3.05) is 11.9 Å². The number of nitrogens with one attached hydrogen (secondary N) is 4. The van der Waals surface area contributed by atoms with Crippen LogP contribution in [0.1, 0.15) is 50.2 Å². The number of nitrogens with zero attached hydrogens (tertiary/aromatic N) is 1. The summed E-state index contributed by atoms with van der Waals surface area (Å²) in [6.07, 6.45) is 3.50. The molecule has 5 atom stereocenters. The molecule has 4 rings (SSSR count). The van der Waals surface area contributed by atoms with E-state index in [0.717, 1.165) is 36.9 Å². The third kappa shape index (κ3) is 4.45. The normalized spacial score (nSPS) is 31.4. The van der Waals surface area contributed by atoms with Gasteiger partial charge in [-0.25, -0.2) is 0 Å². The van der Waals surface area contributed by atoms with Crippen LogP contribution in [0, 0.1) is 25.7 Å². The summed E-state index contributed by atoms with van der Waals surface area (Å²) in [6.45, 7) is 6.94. The zero-order chi connectivity index (χ0) is 22.1. The largest absolute Gasteiger partial charge is 0.340 e. The molecule has 31 heavy (non-hydrogen) atoms. The van der Waals surface area contributed by atoms with Gasteiger partial charge in [-0.15, -0.1) is 0 Å². The maximum Gasteiger partial charge on any atom is 0.229 e. The minimum atomic E-state index is -0.726. The van der Waals surface area contributed by atoms with Crippen LogP contribution in [-0.4, -0.2) is 47.7 Å². The summed E-state index contributed by atoms with van der Waals surface area (Å²) in [6, 6.07) is 6.23. The smallest absolute Gasteiger partial charge is 0.229 e. The summed E-state index contributed by atoms with van der Waals surface area (Å²) < 4.78 is 0. The van der Waals surface area contributed by atoms with E-state index >= 15 is 0 Å². The first kappa shape index (κ1) is 21.8. The molecule has 3 saturated heterocycles. The average molecular weight is 428 g/mol. The lowest BCUT2D eigenvalue weighted by Crippen LogP contribution is -2.75. The number of fused-ring (bicyclic) bond motifs is 1. The second kappa shape index (κ2) is 8.96. The standard InChI is InChI=1S/C23H33N5O3/c1-4-15-7-5-6-10-28(15)23-26-20-19(22(31)27-23)16(12-18(29)25-20)21(30)24-17-11-13(2)8-9-14(17)3/h8-9,11,15-16,19-20,23,26H,4-7,10,12H2,1-3H3,(H,24,30)(H,25,29)(H,27,31). The molecular weight excluding hydrogens is 394 g/mol. The summed E-state index contributed by atoms with van der Waals surface area (Å²) in [5.41, 5.74) is 2.69. The van der Waals surface area contributed by atoms with Crippen LogP contribution in [-0.2, 0) is 14.4 Å². The van der Waals surface area contributed by atoms with Crippen molar-refractivity contribution in [2.24, 2.45) is 11.8 Å². The van der Waals surface area contributed by atoms with Gasteiger partial charge in [-0.3, -0.25) is 24.6 Å². The van der Waals surface area contributed by atoms with Gasteiger partial charge < -0.3 is 16.0 Å². The summed E-state index contributed by atoms with van der Waals surface area (Å²) in [4.78, 5) is 41.0. The summed E-state index contributed by atoms with van der Waals surface area (Å²) >= 11 is 0. The molecule has 1 aromatic carbocycles. The Labute approximate surface area is 183 Å². The van der Waals surface area contributed by atoms with Gasteiger partial charge in [0.25, 0.3) is 0 Å². The molecule has 0 aliphatic carbocycles. The van der Waals surface area contributed by atoms with Gasteiger partial charge in [-0.2, -0.15) is 0 Å². The molecule has 0 saturated carbocycles. The van der Waals surface area contributed by atoms with Gasteiger partial charge in [0.05, 0.1) is 18.0 Å². The molecule has 0 aromatic heterocycles. The molecule has 8 heteroatoms. The number of hydrogen-bond acceptors (Lipinski definition) is 5. The third-order valence-electron chi connectivity index (χ3n) is 6.90. The van der Waals surface area contributed by atoms with Crippen molar-refractivity contribution in [3.05, 3.63) is 29.3 Å². The Kier molecular flexibility index (Phi) is 6.29. The van der Waals surface area contributed by atoms with E-state index in [2.05, 4.69) is 33.1 Å². The van der Waals surface area contributed by atoms with Crippen molar-refractivity contribution < 1.29 is 14.4 Å². The highest BCUT2D eigenvalue weighted by Gasteiger charge is 2.49. The predicted octanol–water partition coefficient (Wildman–Crippen LogP) is 1.59. The van der Waals surface area contributed by atoms with Gasteiger partial charge in [0.15, 0.2) is 0 Å². The van der Waals surface area contributed by atoms with Crippen molar-refractivity contribution in [3.8, 4) is 0 Å². The third-order valence-corrected chi connectivity index (χ3v) is 6.90. The fraction of sp³-hybridized carbons (Fsp3) is 0.609. The molecule has 0 spiro atoms. The number of carbonyl (C=O) groups is 3. The number of rotatable bonds is 4. The van der Waals surface area contributed by atoms with Crippen molar-refractivity contribution >= 4 is 23.4 Å². The van der Waals surface area contributed by atoms with Gasteiger partial charge in [0.2, 0.25) is 17.7 Å². The topological polar surface area (TPSA) is 103 Å². The molecule has 3 heterocycles. The molecule has 4 N–H and O–H groups in total. The van der Waals surface area contributed by atoms with Crippen molar-refractivity contribution in [1.29, 1.82) is 0 Å². The Hall–Kier alpha value is -2.45. The minimum absolute atomic E-state index is 0.00106. The SMILES string of the molecule is CCC1CCCCN1C1NC(=O)C2C(NC(=O)CC2C(=O)Nc2cc(C)ccc2C)N1. The lowest BCUT2D eigenvalue weighted by Gasteiger charge is -2.49. The molecule has 3 fully saturated rings. The lowest BCUT2D eigenvalue weighted by atomic mass is 9.80. The van der Waals surface area contributed by atoms with E-state index in [-0.39, 0.29) is 30.4 Å². The molecule has 3 amide bonds. The first-order chi connectivity index (χ1) is 14.9. The summed E-state index contributed by atoms with van der Waals surface area (Å²) in [5, 5.41) is 12.3. The second-order valence-corrected chi connectivity index (χ2v) is 9.06. The number of piperidine rings is 2. The van der Waals surface area contributed by atoms with Crippen LogP contribution in [0.2, 0.25) is 0 Å². The van der Waals surface area contributed by atoms with Crippen LogP contribution < -0.4 is 21.3 Å². The summed E-state index contributed by atoms with van der Waals surface area (Å²) in [5.74, 6) is -2.07. The van der Waals surface area contributed by atoms with Crippen LogP contribution in [0.15, 0.2) is 18.2 Å². The van der Waals surface area contributed by atoms with Gasteiger partial charge in [-0.1, -0.05) is 25.5 Å². The van der Waals surface area contributed by atoms with E-state index in [1.165, 1.54) is 6.42 Å². The Morgan fingerprint density at radius 2 is 2.00 bits per heavy atom. The van der Waals surface area contributed by atoms with Crippen LogP contribution in [0.5, 0.6) is 0 Å². The number of amides is 3. The number of benzene rings is 1. The zero-order valence-electron chi connectivity index (χ0n) is 18.5. The fourth-order valence-corrected chi connectivity index (χ4v) is 5.13. The monoisotopic (exact) mass is 427 g/mol. The Morgan fingerprint density at radius 1 is 1.19 bits per heavy atom. The van der Waals surface area contributed by atoms with Crippen molar-refractivity contribution in [1.82, 2.24) is 20.9 Å². The van der Waals surface area contributed by atoms with Gasteiger partial charge in [0.1, 0.15) is 6.29 Å². The minimum Gasteiger partial charge on any atom is -0.340 e. The average Bonchev–Trinajstić information content (AvgIpc) is 2.75. The molecule has 0 bridgehead atoms. The van der Waals surface area contributed by atoms with E-state index in [0.29, 0.717) is 11.7 Å². The number of anilines is 1. The van der Waals surface area contributed by atoms with Crippen LogP contribution in [0.25, 0.3) is 0 Å². The van der Waals surface area contributed by atoms with Crippen molar-refractivity contribution in [3.63, 3.8) is 0 Å². The number of hydrogen-bond donors (Lipinski definition) is 4. The van der Waals surface area contributed by atoms with Gasteiger partial charge in [-0.05, 0) is 50.3 Å². The second-order valence-electron chi connectivity index (χ2n) is 9.06.